The number of anilines is 1. The average Bonchev–Trinajstić information content (AvgIpc) is 2.64. The number of halogens is 1. The summed E-state index contributed by atoms with van der Waals surface area (Å²) in [5.41, 5.74) is 1.18. The first-order valence-corrected chi connectivity index (χ1v) is 8.90. The number of rotatable bonds is 13. The lowest BCUT2D eigenvalue weighted by Gasteiger charge is -2.39. The molecule has 0 spiro atoms. The lowest BCUT2D eigenvalue weighted by atomic mass is 10.2. The van der Waals surface area contributed by atoms with Gasteiger partial charge in [-0.15, -0.1) is 0 Å². The number of quaternary nitrogens is 1. The molecule has 0 saturated heterocycles. The molecule has 1 rings (SSSR count). The third-order valence-electron chi connectivity index (χ3n) is 4.84. The van der Waals surface area contributed by atoms with Crippen molar-refractivity contribution >= 4 is 12.1 Å². The van der Waals surface area contributed by atoms with Gasteiger partial charge < -0.3 is 27.1 Å². The Bertz CT molecular complexity index is 500. The van der Waals surface area contributed by atoms with Gasteiger partial charge >= 0.3 is 0 Å². The summed E-state index contributed by atoms with van der Waals surface area (Å²) in [4.78, 5) is 12.7. The highest BCUT2D eigenvalue weighted by molar-refractivity contribution is 5.46. The van der Waals surface area contributed by atoms with Crippen LogP contribution in [-0.2, 0) is 4.79 Å². The van der Waals surface area contributed by atoms with Crippen LogP contribution in [0.1, 0.15) is 26.7 Å². The van der Waals surface area contributed by atoms with E-state index in [1.54, 1.807) is 0 Å². The molecule has 6 heteroatoms. The van der Waals surface area contributed by atoms with Crippen LogP contribution in [-0.4, -0.2) is 56.7 Å². The van der Waals surface area contributed by atoms with E-state index in [4.69, 9.17) is 5.26 Å². The van der Waals surface area contributed by atoms with Crippen molar-refractivity contribution in [2.24, 2.45) is 0 Å². The van der Waals surface area contributed by atoms with Crippen molar-refractivity contribution < 1.29 is 21.7 Å². The van der Waals surface area contributed by atoms with Gasteiger partial charge in [-0.05, 0) is 26.0 Å². The van der Waals surface area contributed by atoms with Crippen LogP contribution in [0, 0.1) is 11.3 Å². The highest BCUT2D eigenvalue weighted by atomic mass is 35.5. The molecule has 0 aliphatic heterocycles. The first kappa shape index (κ1) is 23.2. The summed E-state index contributed by atoms with van der Waals surface area (Å²) in [5, 5.41) is 11.7. The molecule has 0 bridgehead atoms. The number of carbonyl (C=O) groups is 1. The van der Waals surface area contributed by atoms with Crippen LogP contribution in [0.2, 0.25) is 0 Å². The molecule has 0 heterocycles. The molecule has 0 aliphatic carbocycles. The topological polar surface area (TPSA) is 56.1 Å². The van der Waals surface area contributed by atoms with E-state index >= 15 is 0 Å². The zero-order valence-corrected chi connectivity index (χ0v) is 16.2. The number of amides is 1. The Morgan fingerprint density at radius 3 is 2.40 bits per heavy atom. The van der Waals surface area contributed by atoms with Crippen molar-refractivity contribution in [2.45, 2.75) is 26.7 Å². The van der Waals surface area contributed by atoms with Crippen LogP contribution in [0.4, 0.5) is 5.69 Å². The van der Waals surface area contributed by atoms with Crippen LogP contribution < -0.4 is 22.6 Å². The fourth-order valence-corrected chi connectivity index (χ4v) is 3.07. The molecule has 0 atom stereocenters. The molecule has 1 aromatic rings. The Balaban J connectivity index is 0.00000576. The quantitative estimate of drug-likeness (QED) is 0.288. The van der Waals surface area contributed by atoms with Crippen LogP contribution in [0.5, 0.6) is 0 Å². The Morgan fingerprint density at radius 2 is 1.84 bits per heavy atom. The normalized spacial score (nSPS) is 10.4. The number of hydrogen-bond donors (Lipinski definition) is 1. The standard InChI is InChI=1S/C19H30N4O.ClH/c1-3-23(4-2,16-9-13-21-18-24)17-15-22(14-8-12-20)19-10-6-5-7-11-19;/h5-7,10-11,18H,3-4,8-9,13-17H2,1-2H3;1H. The van der Waals surface area contributed by atoms with E-state index in [0.29, 0.717) is 6.42 Å². The van der Waals surface area contributed by atoms with E-state index in [-0.39, 0.29) is 12.4 Å². The zero-order chi connectivity index (χ0) is 17.7. The van der Waals surface area contributed by atoms with Crippen LogP contribution in [0.25, 0.3) is 0 Å². The van der Waals surface area contributed by atoms with E-state index in [1.807, 2.05) is 18.2 Å². The van der Waals surface area contributed by atoms with Gasteiger partial charge in [-0.25, -0.2) is 0 Å². The number of benzene rings is 1. The molecule has 1 aromatic carbocycles. The van der Waals surface area contributed by atoms with Crippen molar-refractivity contribution in [1.29, 1.82) is 5.26 Å². The monoisotopic (exact) mass is 366 g/mol. The predicted molar refractivity (Wildman–Crippen MR) is 98.6 cm³/mol. The Morgan fingerprint density at radius 1 is 1.16 bits per heavy atom. The maximum Gasteiger partial charge on any atom is 0.207 e. The number of hydrogen-bond acceptors (Lipinski definition) is 3. The predicted octanol–water partition coefficient (Wildman–Crippen LogP) is -0.597. The number of nitrogens with one attached hydrogen (secondary N) is 1. The Labute approximate surface area is 158 Å². The van der Waals surface area contributed by atoms with Crippen LogP contribution >= 0.6 is 0 Å². The van der Waals surface area contributed by atoms with Gasteiger partial charge in [-0.2, -0.15) is 5.26 Å². The number of nitrogens with zero attached hydrogens (tertiary/aromatic N) is 3. The Kier molecular flexibility index (Phi) is 12.6. The maximum absolute atomic E-state index is 10.4. The highest BCUT2D eigenvalue weighted by Gasteiger charge is 2.23. The first-order chi connectivity index (χ1) is 11.7. The van der Waals surface area contributed by atoms with Crippen molar-refractivity contribution in [3.8, 4) is 6.07 Å². The summed E-state index contributed by atoms with van der Waals surface area (Å²) in [6, 6.07) is 12.6. The van der Waals surface area contributed by atoms with E-state index in [9.17, 15) is 4.79 Å². The summed E-state index contributed by atoms with van der Waals surface area (Å²) in [6.07, 6.45) is 2.30. The molecule has 0 fully saturated rings. The number of likely N-dealkylation sites (N-methyl/N-ethyl adjacent to an activating group) is 1. The van der Waals surface area contributed by atoms with Crippen molar-refractivity contribution in [2.75, 3.05) is 50.7 Å². The molecule has 0 saturated carbocycles. The number of nitriles is 1. The fourth-order valence-electron chi connectivity index (χ4n) is 3.07. The minimum absolute atomic E-state index is 0. The van der Waals surface area contributed by atoms with Crippen molar-refractivity contribution in [3.05, 3.63) is 30.3 Å². The van der Waals surface area contributed by atoms with Crippen LogP contribution in [0.15, 0.2) is 30.3 Å². The molecule has 140 valence electrons. The molecular formula is C19H31ClN4O. The van der Waals surface area contributed by atoms with Gasteiger partial charge in [-0.1, -0.05) is 18.2 Å². The summed E-state index contributed by atoms with van der Waals surface area (Å²) in [5.74, 6) is 0. The number of para-hydroxylation sites is 1. The van der Waals surface area contributed by atoms with E-state index in [2.05, 4.69) is 42.3 Å². The zero-order valence-electron chi connectivity index (χ0n) is 15.5. The second-order valence-corrected chi connectivity index (χ2v) is 6.08. The van der Waals surface area contributed by atoms with Gasteiger partial charge in [0.2, 0.25) is 6.41 Å². The minimum atomic E-state index is 0. The lowest BCUT2D eigenvalue weighted by Crippen LogP contribution is -3.00. The summed E-state index contributed by atoms with van der Waals surface area (Å²) in [6.45, 7) is 11.2. The molecule has 1 amide bonds. The lowest BCUT2D eigenvalue weighted by molar-refractivity contribution is -0.923. The van der Waals surface area contributed by atoms with E-state index in [0.717, 1.165) is 63.1 Å². The van der Waals surface area contributed by atoms with Gasteiger partial charge in [0.05, 0.1) is 45.2 Å². The van der Waals surface area contributed by atoms with Gasteiger partial charge in [0.25, 0.3) is 0 Å². The minimum Gasteiger partial charge on any atom is -1.00 e. The van der Waals surface area contributed by atoms with Gasteiger partial charge in [-0.3, -0.25) is 4.79 Å². The largest absolute Gasteiger partial charge is 1.00 e. The molecule has 0 unspecified atom stereocenters. The fraction of sp³-hybridized carbons (Fsp3) is 0.579. The Hall–Kier alpha value is -1.77. The molecular weight excluding hydrogens is 336 g/mol. The molecule has 0 aliphatic rings. The third kappa shape index (κ3) is 8.24. The van der Waals surface area contributed by atoms with Crippen molar-refractivity contribution in [1.82, 2.24) is 5.32 Å². The molecule has 5 nitrogen and oxygen atoms in total. The highest BCUT2D eigenvalue weighted by Crippen LogP contribution is 2.15. The first-order valence-electron chi connectivity index (χ1n) is 8.90. The number of carbonyl (C=O) groups excluding carboxylic acids is 1. The molecule has 0 radical (unpaired) electrons. The van der Waals surface area contributed by atoms with E-state index in [1.165, 1.54) is 5.69 Å². The molecule has 0 aromatic heterocycles. The van der Waals surface area contributed by atoms with Crippen molar-refractivity contribution in [3.63, 3.8) is 0 Å². The second-order valence-electron chi connectivity index (χ2n) is 6.08. The van der Waals surface area contributed by atoms with E-state index < -0.39 is 0 Å². The SMILES string of the molecule is CC[N+](CC)(CCCNC=O)CCN(CCC#N)c1ccccc1.[Cl-]. The van der Waals surface area contributed by atoms with Gasteiger partial charge in [0.1, 0.15) is 0 Å². The smallest absolute Gasteiger partial charge is 0.207 e. The van der Waals surface area contributed by atoms with Gasteiger partial charge in [0.15, 0.2) is 0 Å². The maximum atomic E-state index is 10.4. The summed E-state index contributed by atoms with van der Waals surface area (Å²) >= 11 is 0. The molecule has 25 heavy (non-hydrogen) atoms. The summed E-state index contributed by atoms with van der Waals surface area (Å²) in [7, 11) is 0. The third-order valence-corrected chi connectivity index (χ3v) is 4.84. The molecule has 1 N–H and O–H groups in total. The van der Waals surface area contributed by atoms with Gasteiger partial charge in [0, 0.05) is 25.2 Å². The van der Waals surface area contributed by atoms with Crippen LogP contribution in [0.3, 0.4) is 0 Å². The second kappa shape index (κ2) is 13.5. The summed E-state index contributed by atoms with van der Waals surface area (Å²) < 4.78 is 1.04. The average molecular weight is 367 g/mol.